The van der Waals surface area contributed by atoms with Crippen LogP contribution < -0.4 is 16.2 Å². The van der Waals surface area contributed by atoms with E-state index in [9.17, 15) is 9.18 Å². The second-order valence-electron chi connectivity index (χ2n) is 6.85. The van der Waals surface area contributed by atoms with E-state index in [0.29, 0.717) is 5.82 Å². The van der Waals surface area contributed by atoms with E-state index in [1.807, 2.05) is 39.2 Å². The van der Waals surface area contributed by atoms with Gasteiger partial charge >= 0.3 is 5.97 Å². The number of fused-ring (bicyclic) bond motifs is 2. The lowest BCUT2D eigenvalue weighted by molar-refractivity contribution is 0.0696. The molecule has 10 heteroatoms. The SMILES string of the molecule is CC.CNC1c2cnccc2CCc2c(F)cccc21.O=C(O)c1cnc(NNC=S)c(Cl)c1. The first kappa shape index (κ1) is 27.1. The molecule has 180 valence electrons. The van der Waals surface area contributed by atoms with E-state index in [4.69, 9.17) is 16.7 Å². The Labute approximate surface area is 208 Å². The maximum Gasteiger partial charge on any atom is 0.337 e. The average molecular weight is 504 g/mol. The van der Waals surface area contributed by atoms with Crippen molar-refractivity contribution in [1.29, 1.82) is 0 Å². The molecule has 0 aliphatic heterocycles. The maximum absolute atomic E-state index is 13.9. The van der Waals surface area contributed by atoms with Crippen LogP contribution in [0.25, 0.3) is 0 Å². The van der Waals surface area contributed by atoms with Gasteiger partial charge in [0, 0.05) is 18.6 Å². The van der Waals surface area contributed by atoms with E-state index in [1.54, 1.807) is 18.3 Å². The quantitative estimate of drug-likeness (QED) is 0.286. The summed E-state index contributed by atoms with van der Waals surface area (Å²) in [6, 6.07) is 8.68. The van der Waals surface area contributed by atoms with Gasteiger partial charge in [0.05, 0.1) is 22.1 Å². The van der Waals surface area contributed by atoms with Gasteiger partial charge in [-0.1, -0.05) is 49.8 Å². The molecule has 0 saturated heterocycles. The number of rotatable bonds is 5. The summed E-state index contributed by atoms with van der Waals surface area (Å²) in [5.74, 6) is -0.861. The van der Waals surface area contributed by atoms with E-state index in [1.165, 1.54) is 23.3 Å². The average Bonchev–Trinajstić information content (AvgIpc) is 3.02. The lowest BCUT2D eigenvalue weighted by Gasteiger charge is -2.19. The highest BCUT2D eigenvalue weighted by Gasteiger charge is 2.24. The van der Waals surface area contributed by atoms with E-state index >= 15 is 0 Å². The van der Waals surface area contributed by atoms with Crippen LogP contribution in [0.4, 0.5) is 10.2 Å². The van der Waals surface area contributed by atoms with Crippen molar-refractivity contribution >= 4 is 41.1 Å². The molecular formula is C24H27ClFN5O2S. The summed E-state index contributed by atoms with van der Waals surface area (Å²) in [6.07, 6.45) is 6.50. The molecule has 1 aliphatic rings. The molecule has 1 unspecified atom stereocenters. The molecule has 0 spiro atoms. The van der Waals surface area contributed by atoms with E-state index in [0.717, 1.165) is 29.5 Å². The number of nitrogens with one attached hydrogen (secondary N) is 3. The number of benzene rings is 1. The van der Waals surface area contributed by atoms with Gasteiger partial charge in [0.15, 0.2) is 5.82 Å². The number of hydrogen-bond acceptors (Lipinski definition) is 6. The third-order valence-corrected chi connectivity index (χ3v) is 5.40. The zero-order chi connectivity index (χ0) is 25.1. The zero-order valence-electron chi connectivity index (χ0n) is 19.1. The van der Waals surface area contributed by atoms with Crippen molar-refractivity contribution in [3.05, 3.63) is 87.6 Å². The number of aryl methyl sites for hydroxylation is 1. The molecule has 0 radical (unpaired) electrons. The Morgan fingerprint density at radius 1 is 1.24 bits per heavy atom. The minimum absolute atomic E-state index is 0.0295. The predicted octanol–water partition coefficient (Wildman–Crippen LogP) is 4.96. The fourth-order valence-corrected chi connectivity index (χ4v) is 3.79. The van der Waals surface area contributed by atoms with Gasteiger partial charge in [0.25, 0.3) is 0 Å². The fourth-order valence-electron chi connectivity index (χ4n) is 3.52. The molecule has 2 aromatic heterocycles. The molecule has 1 aromatic carbocycles. The molecule has 7 nitrogen and oxygen atoms in total. The Kier molecular flexibility index (Phi) is 10.8. The van der Waals surface area contributed by atoms with Crippen molar-refractivity contribution in [2.45, 2.75) is 32.7 Å². The number of aromatic carboxylic acids is 1. The number of nitrogens with zero attached hydrogens (tertiary/aromatic N) is 2. The number of anilines is 1. The minimum Gasteiger partial charge on any atom is -0.478 e. The second kappa shape index (κ2) is 13.5. The van der Waals surface area contributed by atoms with Gasteiger partial charge in [-0.3, -0.25) is 15.8 Å². The molecule has 0 amide bonds. The molecule has 4 N–H and O–H groups in total. The molecule has 2 heterocycles. The van der Waals surface area contributed by atoms with Crippen molar-refractivity contribution in [3.8, 4) is 0 Å². The number of hydrazine groups is 1. The van der Waals surface area contributed by atoms with Crippen LogP contribution in [-0.4, -0.2) is 33.6 Å². The Morgan fingerprint density at radius 2 is 2.00 bits per heavy atom. The summed E-state index contributed by atoms with van der Waals surface area (Å²) in [6.45, 7) is 4.00. The van der Waals surface area contributed by atoms with Crippen molar-refractivity contribution in [1.82, 2.24) is 20.7 Å². The standard InChI is InChI=1S/C15H15FN2.C7H6ClN3O2S.C2H6/c1-17-15-12-3-2-4-14(16)11(12)6-5-10-7-8-18-9-13(10)15;8-5-1-4(7(12)13)2-9-6(5)11-10-3-14;1-2/h2-4,7-9,15,17H,5-6H2,1H3;1-3H,(H,9,11)(H,10,14)(H,12,13);1-2H3. The third kappa shape index (κ3) is 6.69. The van der Waals surface area contributed by atoms with Crippen LogP contribution in [0, 0.1) is 5.82 Å². The summed E-state index contributed by atoms with van der Waals surface area (Å²) in [7, 11) is 1.90. The highest BCUT2D eigenvalue weighted by Crippen LogP contribution is 2.32. The Bertz CT molecular complexity index is 1130. The highest BCUT2D eigenvalue weighted by atomic mass is 35.5. The number of carboxylic acids is 1. The van der Waals surface area contributed by atoms with E-state index in [-0.39, 0.29) is 22.4 Å². The predicted molar refractivity (Wildman–Crippen MR) is 137 cm³/mol. The highest BCUT2D eigenvalue weighted by molar-refractivity contribution is 7.78. The Hall–Kier alpha value is -3.14. The molecular weight excluding hydrogens is 477 g/mol. The van der Waals surface area contributed by atoms with Crippen LogP contribution in [0.2, 0.25) is 5.02 Å². The summed E-state index contributed by atoms with van der Waals surface area (Å²) < 4.78 is 13.9. The number of thiocarbonyl (C=S) groups is 1. The molecule has 3 aromatic rings. The van der Waals surface area contributed by atoms with Gasteiger partial charge in [-0.2, -0.15) is 0 Å². The Balaban J connectivity index is 0.000000231. The largest absolute Gasteiger partial charge is 0.478 e. The molecule has 34 heavy (non-hydrogen) atoms. The zero-order valence-corrected chi connectivity index (χ0v) is 20.7. The van der Waals surface area contributed by atoms with Crippen LogP contribution in [-0.2, 0) is 12.8 Å². The molecule has 0 bridgehead atoms. The summed E-state index contributed by atoms with van der Waals surface area (Å²) in [5.41, 5.74) is 10.6. The number of pyridine rings is 2. The third-order valence-electron chi connectivity index (χ3n) is 4.99. The molecule has 4 rings (SSSR count). The lowest BCUT2D eigenvalue weighted by atomic mass is 9.96. The van der Waals surface area contributed by atoms with Crippen molar-refractivity contribution in [3.63, 3.8) is 0 Å². The molecule has 0 fully saturated rings. The van der Waals surface area contributed by atoms with Crippen molar-refractivity contribution in [2.24, 2.45) is 0 Å². The van der Waals surface area contributed by atoms with Gasteiger partial charge in [-0.05, 0) is 60.3 Å². The first-order valence-electron chi connectivity index (χ1n) is 10.7. The fraction of sp³-hybridized carbons (Fsp3) is 0.250. The van der Waals surface area contributed by atoms with E-state index in [2.05, 4.69) is 38.4 Å². The van der Waals surface area contributed by atoms with Gasteiger partial charge < -0.3 is 10.4 Å². The maximum atomic E-state index is 13.9. The second-order valence-corrected chi connectivity index (χ2v) is 7.49. The topological polar surface area (TPSA) is 99.2 Å². The first-order valence-corrected chi connectivity index (χ1v) is 11.5. The van der Waals surface area contributed by atoms with Gasteiger partial charge in [-0.15, -0.1) is 0 Å². The summed E-state index contributed by atoms with van der Waals surface area (Å²) >= 11 is 10.2. The molecule has 0 saturated carbocycles. The van der Waals surface area contributed by atoms with Crippen LogP contribution in [0.5, 0.6) is 0 Å². The van der Waals surface area contributed by atoms with E-state index < -0.39 is 5.97 Å². The molecule has 1 aliphatic carbocycles. The number of hydrogen-bond donors (Lipinski definition) is 4. The van der Waals surface area contributed by atoms with Gasteiger partial charge in [0.2, 0.25) is 0 Å². The number of halogens is 2. The summed E-state index contributed by atoms with van der Waals surface area (Å²) in [5, 5.41) is 12.1. The number of carbonyl (C=O) groups is 1. The summed E-state index contributed by atoms with van der Waals surface area (Å²) in [4.78, 5) is 18.5. The smallest absolute Gasteiger partial charge is 0.337 e. The van der Waals surface area contributed by atoms with Crippen LogP contribution in [0.1, 0.15) is 52.5 Å². The normalized spacial score (nSPS) is 13.4. The van der Waals surface area contributed by atoms with Crippen LogP contribution in [0.3, 0.4) is 0 Å². The monoisotopic (exact) mass is 503 g/mol. The van der Waals surface area contributed by atoms with Crippen molar-refractivity contribution < 1.29 is 14.3 Å². The van der Waals surface area contributed by atoms with Gasteiger partial charge in [0.1, 0.15) is 5.82 Å². The number of aromatic nitrogens is 2. The van der Waals surface area contributed by atoms with Crippen LogP contribution >= 0.6 is 23.8 Å². The molecule has 1 atom stereocenters. The minimum atomic E-state index is -1.08. The Morgan fingerprint density at radius 3 is 2.65 bits per heavy atom. The number of carboxylic acid groups (broad SMARTS) is 1. The van der Waals surface area contributed by atoms with Crippen molar-refractivity contribution in [2.75, 3.05) is 12.5 Å². The lowest BCUT2D eigenvalue weighted by Crippen LogP contribution is -2.19. The first-order chi connectivity index (χ1) is 16.5. The van der Waals surface area contributed by atoms with Gasteiger partial charge in [-0.25, -0.2) is 14.2 Å². The van der Waals surface area contributed by atoms with Crippen LogP contribution in [0.15, 0.2) is 48.9 Å².